The highest BCUT2D eigenvalue weighted by Gasteiger charge is 2.00. The van der Waals surface area contributed by atoms with Gasteiger partial charge in [0.2, 0.25) is 0 Å². The van der Waals surface area contributed by atoms with Crippen molar-refractivity contribution in [2.75, 3.05) is 27.0 Å². The van der Waals surface area contributed by atoms with E-state index in [2.05, 4.69) is 58.3 Å². The SMILES string of the molecule is CN=C(NCCc1ccc(OC)cc1)NCc1ccc(SC)cc1.I. The van der Waals surface area contributed by atoms with Crippen LogP contribution in [0.5, 0.6) is 5.75 Å². The number of hydrogen-bond donors (Lipinski definition) is 2. The molecule has 25 heavy (non-hydrogen) atoms. The van der Waals surface area contributed by atoms with Crippen molar-refractivity contribution in [2.24, 2.45) is 4.99 Å². The largest absolute Gasteiger partial charge is 0.497 e. The van der Waals surface area contributed by atoms with E-state index in [9.17, 15) is 0 Å². The van der Waals surface area contributed by atoms with Crippen LogP contribution >= 0.6 is 35.7 Å². The molecule has 2 rings (SSSR count). The number of guanidine groups is 1. The first-order chi connectivity index (χ1) is 11.7. The van der Waals surface area contributed by atoms with Gasteiger partial charge >= 0.3 is 0 Å². The van der Waals surface area contributed by atoms with E-state index >= 15 is 0 Å². The van der Waals surface area contributed by atoms with E-state index in [1.165, 1.54) is 16.0 Å². The Morgan fingerprint density at radius 2 is 1.64 bits per heavy atom. The molecule has 0 unspecified atom stereocenters. The fourth-order valence-electron chi connectivity index (χ4n) is 2.27. The molecule has 0 fully saturated rings. The van der Waals surface area contributed by atoms with E-state index in [0.29, 0.717) is 0 Å². The van der Waals surface area contributed by atoms with Crippen LogP contribution in [0.3, 0.4) is 0 Å². The first-order valence-corrected chi connectivity index (χ1v) is 9.18. The maximum atomic E-state index is 5.17. The molecule has 0 atom stereocenters. The quantitative estimate of drug-likeness (QED) is 0.278. The summed E-state index contributed by atoms with van der Waals surface area (Å²) in [5, 5.41) is 6.68. The van der Waals surface area contributed by atoms with Gasteiger partial charge in [0.25, 0.3) is 0 Å². The van der Waals surface area contributed by atoms with Crippen molar-refractivity contribution in [3.8, 4) is 5.75 Å². The summed E-state index contributed by atoms with van der Waals surface area (Å²) in [7, 11) is 3.47. The number of nitrogens with zero attached hydrogens (tertiary/aromatic N) is 1. The summed E-state index contributed by atoms with van der Waals surface area (Å²) >= 11 is 1.75. The van der Waals surface area contributed by atoms with E-state index < -0.39 is 0 Å². The third-order valence-electron chi connectivity index (χ3n) is 3.71. The Kier molecular flexibility index (Phi) is 10.4. The van der Waals surface area contributed by atoms with Gasteiger partial charge in [-0.1, -0.05) is 24.3 Å². The van der Waals surface area contributed by atoms with Gasteiger partial charge in [0.15, 0.2) is 5.96 Å². The molecule has 0 aliphatic carbocycles. The van der Waals surface area contributed by atoms with Crippen LogP contribution in [0.15, 0.2) is 58.4 Å². The monoisotopic (exact) mass is 471 g/mol. The van der Waals surface area contributed by atoms with Crippen molar-refractivity contribution in [2.45, 2.75) is 17.9 Å². The summed E-state index contributed by atoms with van der Waals surface area (Å²) < 4.78 is 5.17. The Morgan fingerprint density at radius 1 is 1.00 bits per heavy atom. The van der Waals surface area contributed by atoms with Crippen molar-refractivity contribution >= 4 is 41.7 Å². The van der Waals surface area contributed by atoms with Crippen molar-refractivity contribution in [1.82, 2.24) is 10.6 Å². The summed E-state index contributed by atoms with van der Waals surface area (Å²) in [6.07, 6.45) is 3.02. The Labute approximate surface area is 171 Å². The standard InChI is InChI=1S/C19H25N3OS.HI/c1-20-19(22-14-16-6-10-18(24-3)11-7-16)21-13-12-15-4-8-17(23-2)9-5-15;/h4-11H,12-14H2,1-3H3,(H2,20,21,22);1H. The summed E-state index contributed by atoms with van der Waals surface area (Å²) in [6.45, 7) is 1.59. The van der Waals surface area contributed by atoms with E-state index in [1.54, 1.807) is 25.9 Å². The normalized spacial score (nSPS) is 10.8. The Hall–Kier alpha value is -1.41. The number of methoxy groups -OCH3 is 1. The fourth-order valence-corrected chi connectivity index (χ4v) is 2.68. The summed E-state index contributed by atoms with van der Waals surface area (Å²) in [6, 6.07) is 16.7. The molecule has 0 radical (unpaired) electrons. The number of thioether (sulfide) groups is 1. The lowest BCUT2D eigenvalue weighted by Gasteiger charge is -2.12. The zero-order chi connectivity index (χ0) is 17.2. The van der Waals surface area contributed by atoms with Crippen molar-refractivity contribution in [3.05, 3.63) is 59.7 Å². The number of hydrogen-bond acceptors (Lipinski definition) is 3. The number of aliphatic imine (C=N–C) groups is 1. The molecule has 0 spiro atoms. The van der Waals surface area contributed by atoms with Gasteiger partial charge in [-0.3, -0.25) is 4.99 Å². The van der Waals surface area contributed by atoms with Crippen LogP contribution in [0, 0.1) is 0 Å². The second kappa shape index (κ2) is 12.0. The molecule has 0 amide bonds. The summed E-state index contributed by atoms with van der Waals surface area (Å²) in [5.41, 5.74) is 2.51. The summed E-state index contributed by atoms with van der Waals surface area (Å²) in [4.78, 5) is 5.54. The smallest absolute Gasteiger partial charge is 0.191 e. The highest BCUT2D eigenvalue weighted by molar-refractivity contribution is 14.0. The zero-order valence-electron chi connectivity index (χ0n) is 14.9. The first-order valence-electron chi connectivity index (χ1n) is 7.95. The molecule has 2 N–H and O–H groups in total. The molecule has 6 heteroatoms. The topological polar surface area (TPSA) is 45.7 Å². The second-order valence-corrected chi connectivity index (χ2v) is 6.18. The highest BCUT2D eigenvalue weighted by atomic mass is 127. The lowest BCUT2D eigenvalue weighted by Crippen LogP contribution is -2.37. The lowest BCUT2D eigenvalue weighted by molar-refractivity contribution is 0.414. The van der Waals surface area contributed by atoms with Crippen LogP contribution in [0.25, 0.3) is 0 Å². The van der Waals surface area contributed by atoms with Gasteiger partial charge in [-0.05, 0) is 48.1 Å². The van der Waals surface area contributed by atoms with E-state index in [1.807, 2.05) is 12.1 Å². The molecule has 2 aromatic rings. The Bertz CT molecular complexity index is 645. The third kappa shape index (κ3) is 7.56. The molecular weight excluding hydrogens is 445 g/mol. The van der Waals surface area contributed by atoms with Crippen LogP contribution in [0.1, 0.15) is 11.1 Å². The average molecular weight is 471 g/mol. The zero-order valence-corrected chi connectivity index (χ0v) is 18.1. The molecule has 0 aliphatic heterocycles. The van der Waals surface area contributed by atoms with Crippen LogP contribution in [0.2, 0.25) is 0 Å². The third-order valence-corrected chi connectivity index (χ3v) is 4.45. The molecular formula is C19H26IN3OS. The molecule has 0 saturated carbocycles. The predicted molar refractivity (Wildman–Crippen MR) is 119 cm³/mol. The molecule has 0 aromatic heterocycles. The Balaban J connectivity index is 0.00000312. The minimum absolute atomic E-state index is 0. The van der Waals surface area contributed by atoms with Crippen molar-refractivity contribution < 1.29 is 4.74 Å². The van der Waals surface area contributed by atoms with Crippen molar-refractivity contribution in [3.63, 3.8) is 0 Å². The van der Waals surface area contributed by atoms with Crippen LogP contribution < -0.4 is 15.4 Å². The molecule has 4 nitrogen and oxygen atoms in total. The van der Waals surface area contributed by atoms with E-state index in [4.69, 9.17) is 4.74 Å². The minimum atomic E-state index is 0. The van der Waals surface area contributed by atoms with Gasteiger partial charge in [0.05, 0.1) is 7.11 Å². The fraction of sp³-hybridized carbons (Fsp3) is 0.316. The van der Waals surface area contributed by atoms with Gasteiger partial charge in [-0.25, -0.2) is 0 Å². The second-order valence-electron chi connectivity index (χ2n) is 5.30. The first kappa shape index (κ1) is 21.6. The molecule has 0 heterocycles. The average Bonchev–Trinajstić information content (AvgIpc) is 2.65. The van der Waals surface area contributed by atoms with Crippen molar-refractivity contribution in [1.29, 1.82) is 0 Å². The van der Waals surface area contributed by atoms with E-state index in [-0.39, 0.29) is 24.0 Å². The molecule has 0 saturated heterocycles. The van der Waals surface area contributed by atoms with Crippen LogP contribution in [-0.2, 0) is 13.0 Å². The van der Waals surface area contributed by atoms with E-state index in [0.717, 1.165) is 31.2 Å². The summed E-state index contributed by atoms with van der Waals surface area (Å²) in [5.74, 6) is 1.70. The minimum Gasteiger partial charge on any atom is -0.497 e. The van der Waals surface area contributed by atoms with Gasteiger partial charge in [-0.15, -0.1) is 35.7 Å². The van der Waals surface area contributed by atoms with Crippen LogP contribution in [-0.4, -0.2) is 32.9 Å². The number of benzene rings is 2. The lowest BCUT2D eigenvalue weighted by atomic mass is 10.1. The highest BCUT2D eigenvalue weighted by Crippen LogP contribution is 2.14. The van der Waals surface area contributed by atoms with Gasteiger partial charge in [-0.2, -0.15) is 0 Å². The van der Waals surface area contributed by atoms with Gasteiger partial charge < -0.3 is 15.4 Å². The molecule has 0 bridgehead atoms. The number of nitrogens with one attached hydrogen (secondary N) is 2. The van der Waals surface area contributed by atoms with Gasteiger partial charge in [0.1, 0.15) is 5.75 Å². The number of ether oxygens (including phenoxy) is 1. The number of halogens is 1. The Morgan fingerprint density at radius 3 is 2.20 bits per heavy atom. The number of rotatable bonds is 7. The molecule has 0 aliphatic rings. The molecule has 2 aromatic carbocycles. The molecule has 136 valence electrons. The van der Waals surface area contributed by atoms with Crippen LogP contribution in [0.4, 0.5) is 0 Å². The van der Waals surface area contributed by atoms with Gasteiger partial charge in [0, 0.05) is 25.0 Å². The predicted octanol–water partition coefficient (Wildman–Crippen LogP) is 3.94. The maximum absolute atomic E-state index is 5.17. The maximum Gasteiger partial charge on any atom is 0.191 e.